The highest BCUT2D eigenvalue weighted by molar-refractivity contribution is 5.80. The van der Waals surface area contributed by atoms with E-state index in [1.165, 1.54) is 5.39 Å². The van der Waals surface area contributed by atoms with Gasteiger partial charge in [-0.05, 0) is 12.1 Å². The second-order valence-electron chi connectivity index (χ2n) is 4.77. The van der Waals surface area contributed by atoms with E-state index in [2.05, 4.69) is 23.6 Å². The van der Waals surface area contributed by atoms with Crippen LogP contribution in [0.25, 0.3) is 10.9 Å². The smallest absolute Gasteiger partial charge is 0.203 e. The van der Waals surface area contributed by atoms with E-state index >= 15 is 0 Å². The van der Waals surface area contributed by atoms with Gasteiger partial charge in [-0.1, -0.05) is 18.2 Å². The third-order valence-corrected chi connectivity index (χ3v) is 3.51. The van der Waals surface area contributed by atoms with Gasteiger partial charge in [-0.15, -0.1) is 0 Å². The number of methoxy groups -OCH3 is 3. The summed E-state index contributed by atoms with van der Waals surface area (Å²) in [7, 11) is 4.80. The summed E-state index contributed by atoms with van der Waals surface area (Å²) in [5, 5.41) is 1.17. The Labute approximate surface area is 129 Å². The van der Waals surface area contributed by atoms with Gasteiger partial charge >= 0.3 is 0 Å². The Hall–Kier alpha value is -2.82. The molecule has 0 aliphatic heterocycles. The van der Waals surface area contributed by atoms with Crippen molar-refractivity contribution in [1.29, 1.82) is 0 Å². The van der Waals surface area contributed by atoms with Gasteiger partial charge in [-0.25, -0.2) is 0 Å². The van der Waals surface area contributed by atoms with Crippen LogP contribution in [0.15, 0.2) is 48.7 Å². The fraction of sp³-hybridized carbons (Fsp3) is 0.176. The molecule has 0 radical (unpaired) electrons. The number of rotatable bonds is 5. The predicted octanol–water partition coefficient (Wildman–Crippen LogP) is 3.54. The summed E-state index contributed by atoms with van der Waals surface area (Å²) in [6.07, 6.45) is 1.98. The van der Waals surface area contributed by atoms with Gasteiger partial charge in [0.15, 0.2) is 11.5 Å². The van der Waals surface area contributed by atoms with E-state index in [0.29, 0.717) is 17.2 Å². The monoisotopic (exact) mass is 298 g/mol. The summed E-state index contributed by atoms with van der Waals surface area (Å²) in [5.41, 5.74) is 5.27. The second kappa shape index (κ2) is 5.89. The summed E-state index contributed by atoms with van der Waals surface area (Å²) in [6.45, 7) is 0. The molecule has 2 aromatic carbocycles. The van der Waals surface area contributed by atoms with Crippen LogP contribution in [0.1, 0.15) is 0 Å². The van der Waals surface area contributed by atoms with Crippen molar-refractivity contribution < 1.29 is 14.2 Å². The van der Waals surface area contributed by atoms with Crippen LogP contribution >= 0.6 is 0 Å². The zero-order valence-corrected chi connectivity index (χ0v) is 12.8. The summed E-state index contributed by atoms with van der Waals surface area (Å²) in [4.78, 5) is 0. The zero-order valence-electron chi connectivity index (χ0n) is 12.8. The van der Waals surface area contributed by atoms with E-state index in [0.717, 1.165) is 11.2 Å². The Morgan fingerprint density at radius 1 is 0.864 bits per heavy atom. The SMILES string of the molecule is COc1cc(Nn2ccc3ccccc32)cc(OC)c1OC. The third-order valence-electron chi connectivity index (χ3n) is 3.51. The number of nitrogens with zero attached hydrogens (tertiary/aromatic N) is 1. The number of aromatic nitrogens is 1. The summed E-state index contributed by atoms with van der Waals surface area (Å²) >= 11 is 0. The maximum absolute atomic E-state index is 5.37. The molecule has 5 heteroatoms. The first-order valence-corrected chi connectivity index (χ1v) is 6.90. The first-order chi connectivity index (χ1) is 10.8. The van der Waals surface area contributed by atoms with Gasteiger partial charge in [-0.3, -0.25) is 10.1 Å². The van der Waals surface area contributed by atoms with Gasteiger partial charge in [0.1, 0.15) is 0 Å². The molecule has 0 spiro atoms. The van der Waals surface area contributed by atoms with Gasteiger partial charge in [0.25, 0.3) is 0 Å². The van der Waals surface area contributed by atoms with E-state index in [9.17, 15) is 0 Å². The fourth-order valence-corrected chi connectivity index (χ4v) is 2.47. The first kappa shape index (κ1) is 14.1. The molecule has 3 rings (SSSR count). The van der Waals surface area contributed by atoms with Crippen LogP contribution in [-0.2, 0) is 0 Å². The lowest BCUT2D eigenvalue weighted by molar-refractivity contribution is 0.324. The van der Waals surface area contributed by atoms with Crippen molar-refractivity contribution in [3.8, 4) is 17.2 Å². The normalized spacial score (nSPS) is 10.5. The Morgan fingerprint density at radius 3 is 2.18 bits per heavy atom. The van der Waals surface area contributed by atoms with E-state index in [4.69, 9.17) is 14.2 Å². The number of hydrogen-bond acceptors (Lipinski definition) is 4. The van der Waals surface area contributed by atoms with Crippen molar-refractivity contribution in [1.82, 2.24) is 4.68 Å². The number of hydrogen-bond donors (Lipinski definition) is 1. The molecule has 1 heterocycles. The highest BCUT2D eigenvalue weighted by Gasteiger charge is 2.13. The molecular weight excluding hydrogens is 280 g/mol. The van der Waals surface area contributed by atoms with Crippen molar-refractivity contribution >= 4 is 16.6 Å². The summed E-state index contributed by atoms with van der Waals surface area (Å²) < 4.78 is 18.0. The van der Waals surface area contributed by atoms with Crippen molar-refractivity contribution in [2.24, 2.45) is 0 Å². The number of fused-ring (bicyclic) bond motifs is 1. The molecule has 0 amide bonds. The van der Waals surface area contributed by atoms with Gasteiger partial charge in [0.05, 0.1) is 32.5 Å². The quantitative estimate of drug-likeness (QED) is 0.782. The van der Waals surface area contributed by atoms with E-state index in [1.54, 1.807) is 21.3 Å². The number of anilines is 1. The molecule has 0 unspecified atom stereocenters. The van der Waals surface area contributed by atoms with Crippen molar-refractivity contribution in [3.05, 3.63) is 48.7 Å². The highest BCUT2D eigenvalue weighted by atomic mass is 16.5. The molecule has 0 saturated carbocycles. The minimum absolute atomic E-state index is 0.577. The lowest BCUT2D eigenvalue weighted by Crippen LogP contribution is -2.07. The largest absolute Gasteiger partial charge is 0.493 e. The molecule has 1 N–H and O–H groups in total. The molecule has 0 bridgehead atoms. The van der Waals surface area contributed by atoms with Gasteiger partial charge < -0.3 is 14.2 Å². The maximum atomic E-state index is 5.37. The number of benzene rings is 2. The number of nitrogens with one attached hydrogen (secondary N) is 1. The fourth-order valence-electron chi connectivity index (χ4n) is 2.47. The lowest BCUT2D eigenvalue weighted by Gasteiger charge is -2.16. The molecule has 0 saturated heterocycles. The number of ether oxygens (including phenoxy) is 3. The van der Waals surface area contributed by atoms with Crippen LogP contribution in [-0.4, -0.2) is 26.0 Å². The van der Waals surface area contributed by atoms with Crippen LogP contribution < -0.4 is 19.6 Å². The molecule has 0 atom stereocenters. The molecule has 114 valence electrons. The third kappa shape index (κ3) is 2.41. The zero-order chi connectivity index (χ0) is 15.5. The van der Waals surface area contributed by atoms with Crippen molar-refractivity contribution in [2.45, 2.75) is 0 Å². The predicted molar refractivity (Wildman–Crippen MR) is 87.1 cm³/mol. The molecule has 0 aliphatic carbocycles. The van der Waals surface area contributed by atoms with Crippen LogP contribution in [0.4, 0.5) is 5.69 Å². The van der Waals surface area contributed by atoms with E-state index < -0.39 is 0 Å². The molecule has 22 heavy (non-hydrogen) atoms. The van der Waals surface area contributed by atoms with Gasteiger partial charge in [-0.2, -0.15) is 0 Å². The van der Waals surface area contributed by atoms with Crippen molar-refractivity contribution in [2.75, 3.05) is 26.8 Å². The van der Waals surface area contributed by atoms with Crippen LogP contribution in [0, 0.1) is 0 Å². The Morgan fingerprint density at radius 2 is 1.55 bits per heavy atom. The average molecular weight is 298 g/mol. The lowest BCUT2D eigenvalue weighted by atomic mass is 10.2. The molecule has 0 aliphatic rings. The number of para-hydroxylation sites is 1. The summed E-state index contributed by atoms with van der Waals surface area (Å²) in [5.74, 6) is 1.80. The maximum Gasteiger partial charge on any atom is 0.203 e. The van der Waals surface area contributed by atoms with E-state index in [1.807, 2.05) is 35.1 Å². The first-order valence-electron chi connectivity index (χ1n) is 6.90. The topological polar surface area (TPSA) is 44.7 Å². The average Bonchev–Trinajstić information content (AvgIpc) is 2.97. The highest BCUT2D eigenvalue weighted by Crippen LogP contribution is 2.40. The molecule has 5 nitrogen and oxygen atoms in total. The minimum Gasteiger partial charge on any atom is -0.493 e. The molecule has 1 aromatic heterocycles. The van der Waals surface area contributed by atoms with Crippen LogP contribution in [0.5, 0.6) is 17.2 Å². The van der Waals surface area contributed by atoms with Crippen molar-refractivity contribution in [3.63, 3.8) is 0 Å². The molecular formula is C17H18N2O3. The van der Waals surface area contributed by atoms with Crippen LogP contribution in [0.2, 0.25) is 0 Å². The minimum atomic E-state index is 0.577. The second-order valence-corrected chi connectivity index (χ2v) is 4.77. The Balaban J connectivity index is 2.01. The van der Waals surface area contributed by atoms with E-state index in [-0.39, 0.29) is 0 Å². The van der Waals surface area contributed by atoms with Gasteiger partial charge in [0, 0.05) is 23.7 Å². The molecule has 3 aromatic rings. The van der Waals surface area contributed by atoms with Crippen LogP contribution in [0.3, 0.4) is 0 Å². The standard InChI is InChI=1S/C17H18N2O3/c1-20-15-10-13(11-16(21-2)17(15)22-3)18-19-9-8-12-6-4-5-7-14(12)19/h4-11,18H,1-3H3. The Bertz CT molecular complexity index is 770. The summed E-state index contributed by atoms with van der Waals surface area (Å²) in [6, 6.07) is 14.0. The molecule has 0 fully saturated rings. The van der Waals surface area contributed by atoms with Gasteiger partial charge in [0.2, 0.25) is 5.75 Å². The Kier molecular flexibility index (Phi) is 3.78.